The average Bonchev–Trinajstić information content (AvgIpc) is 2.01. The molecular formula is C8H8ClN3O. The highest BCUT2D eigenvalue weighted by Crippen LogP contribution is 2.11. The summed E-state index contributed by atoms with van der Waals surface area (Å²) in [4.78, 5) is 21.0. The van der Waals surface area contributed by atoms with Crippen LogP contribution in [-0.2, 0) is 0 Å². The Morgan fingerprint density at radius 2 is 2.23 bits per heavy atom. The minimum Gasteiger partial charge on any atom is -0.337 e. The van der Waals surface area contributed by atoms with Crippen LogP contribution in [0, 0.1) is 0 Å². The van der Waals surface area contributed by atoms with Crippen molar-refractivity contribution in [2.24, 2.45) is 0 Å². The van der Waals surface area contributed by atoms with Crippen LogP contribution in [0.15, 0.2) is 12.4 Å². The van der Waals surface area contributed by atoms with Crippen molar-refractivity contribution in [3.8, 4) is 0 Å². The van der Waals surface area contributed by atoms with E-state index < -0.39 is 0 Å². The Labute approximate surface area is 80.5 Å². The molecule has 0 radical (unpaired) electrons. The van der Waals surface area contributed by atoms with Gasteiger partial charge in [-0.2, -0.15) is 0 Å². The van der Waals surface area contributed by atoms with Crippen LogP contribution in [-0.4, -0.2) is 33.9 Å². The van der Waals surface area contributed by atoms with Gasteiger partial charge in [-0.15, -0.1) is 0 Å². The van der Waals surface area contributed by atoms with Gasteiger partial charge in [-0.25, -0.2) is 4.98 Å². The van der Waals surface area contributed by atoms with Crippen LogP contribution in [0.2, 0.25) is 5.15 Å². The van der Waals surface area contributed by atoms with Crippen LogP contribution in [0.5, 0.6) is 0 Å². The molecule has 68 valence electrons. The number of aromatic nitrogens is 2. The molecule has 0 aliphatic carbocycles. The molecule has 0 spiro atoms. The lowest BCUT2D eigenvalue weighted by atomic mass is 10.2. The maximum atomic E-state index is 11.5. The molecule has 1 amide bonds. The largest absolute Gasteiger partial charge is 0.337 e. The smallest absolute Gasteiger partial charge is 0.274 e. The first-order valence-corrected chi connectivity index (χ1v) is 4.42. The van der Waals surface area contributed by atoms with E-state index >= 15 is 0 Å². The quantitative estimate of drug-likeness (QED) is 0.674. The Balaban J connectivity index is 2.19. The molecule has 1 fully saturated rings. The Hall–Kier alpha value is -1.16. The lowest BCUT2D eigenvalue weighted by Gasteiger charge is -2.30. The SMILES string of the molecule is O=C(c1cncc(Cl)n1)N1CCC1. The third-order valence-corrected chi connectivity index (χ3v) is 2.15. The van der Waals surface area contributed by atoms with Gasteiger partial charge in [0.1, 0.15) is 10.8 Å². The summed E-state index contributed by atoms with van der Waals surface area (Å²) in [6.45, 7) is 1.63. The van der Waals surface area contributed by atoms with Crippen molar-refractivity contribution in [3.05, 3.63) is 23.2 Å². The maximum Gasteiger partial charge on any atom is 0.274 e. The van der Waals surface area contributed by atoms with E-state index in [0.717, 1.165) is 19.5 Å². The van der Waals surface area contributed by atoms with Gasteiger partial charge in [-0.05, 0) is 6.42 Å². The van der Waals surface area contributed by atoms with E-state index in [1.807, 2.05) is 0 Å². The second-order valence-corrected chi connectivity index (χ2v) is 3.26. The van der Waals surface area contributed by atoms with E-state index in [1.165, 1.54) is 12.4 Å². The van der Waals surface area contributed by atoms with Gasteiger partial charge in [0.2, 0.25) is 0 Å². The van der Waals surface area contributed by atoms with Crippen molar-refractivity contribution in [1.29, 1.82) is 0 Å². The van der Waals surface area contributed by atoms with Crippen molar-refractivity contribution < 1.29 is 4.79 Å². The molecule has 0 bridgehead atoms. The summed E-state index contributed by atoms with van der Waals surface area (Å²) < 4.78 is 0. The van der Waals surface area contributed by atoms with Crippen molar-refractivity contribution in [3.63, 3.8) is 0 Å². The lowest BCUT2D eigenvalue weighted by Crippen LogP contribution is -2.42. The number of halogens is 1. The van der Waals surface area contributed by atoms with E-state index in [0.29, 0.717) is 5.69 Å². The van der Waals surface area contributed by atoms with E-state index in [1.54, 1.807) is 4.90 Å². The normalized spacial score (nSPS) is 15.3. The zero-order valence-electron chi connectivity index (χ0n) is 6.90. The van der Waals surface area contributed by atoms with Gasteiger partial charge in [0.15, 0.2) is 0 Å². The van der Waals surface area contributed by atoms with Crippen LogP contribution >= 0.6 is 11.6 Å². The van der Waals surface area contributed by atoms with E-state index in [2.05, 4.69) is 9.97 Å². The monoisotopic (exact) mass is 197 g/mol. The second-order valence-electron chi connectivity index (χ2n) is 2.87. The molecule has 1 aliphatic rings. The van der Waals surface area contributed by atoms with Gasteiger partial charge in [-0.1, -0.05) is 11.6 Å². The molecule has 1 aromatic rings. The Morgan fingerprint density at radius 3 is 2.77 bits per heavy atom. The lowest BCUT2D eigenvalue weighted by molar-refractivity contribution is 0.0645. The van der Waals surface area contributed by atoms with Gasteiger partial charge in [0, 0.05) is 13.1 Å². The number of rotatable bonds is 1. The molecule has 0 atom stereocenters. The first kappa shape index (κ1) is 8.44. The topological polar surface area (TPSA) is 46.1 Å². The van der Waals surface area contributed by atoms with Crippen molar-refractivity contribution >= 4 is 17.5 Å². The molecule has 1 aromatic heterocycles. The summed E-state index contributed by atoms with van der Waals surface area (Å²) >= 11 is 5.61. The molecule has 0 N–H and O–H groups in total. The van der Waals surface area contributed by atoms with Gasteiger partial charge in [-0.3, -0.25) is 9.78 Å². The Bertz CT molecular complexity index is 338. The zero-order chi connectivity index (χ0) is 9.26. The minimum atomic E-state index is -0.0822. The molecule has 0 aromatic carbocycles. The maximum absolute atomic E-state index is 11.5. The molecule has 2 heterocycles. The fourth-order valence-electron chi connectivity index (χ4n) is 1.13. The number of nitrogens with zero attached hydrogens (tertiary/aromatic N) is 3. The summed E-state index contributed by atoms with van der Waals surface area (Å²) in [7, 11) is 0. The standard InChI is InChI=1S/C8H8ClN3O/c9-7-5-10-4-6(11-7)8(13)12-2-1-3-12/h4-5H,1-3H2. The molecule has 4 nitrogen and oxygen atoms in total. The average molecular weight is 198 g/mol. The van der Waals surface area contributed by atoms with Crippen LogP contribution in [0.4, 0.5) is 0 Å². The third-order valence-electron chi connectivity index (χ3n) is 1.97. The molecular weight excluding hydrogens is 190 g/mol. The zero-order valence-corrected chi connectivity index (χ0v) is 7.66. The van der Waals surface area contributed by atoms with E-state index in [9.17, 15) is 4.79 Å². The van der Waals surface area contributed by atoms with Crippen LogP contribution in [0.25, 0.3) is 0 Å². The van der Waals surface area contributed by atoms with Crippen LogP contribution in [0.3, 0.4) is 0 Å². The molecule has 1 aliphatic heterocycles. The second kappa shape index (κ2) is 3.30. The summed E-state index contributed by atoms with van der Waals surface area (Å²) in [5, 5.41) is 0.256. The van der Waals surface area contributed by atoms with E-state index in [-0.39, 0.29) is 11.1 Å². The number of carbonyl (C=O) groups excluding carboxylic acids is 1. The molecule has 5 heteroatoms. The van der Waals surface area contributed by atoms with Crippen LogP contribution in [0.1, 0.15) is 16.9 Å². The summed E-state index contributed by atoms with van der Waals surface area (Å²) in [5.74, 6) is -0.0822. The van der Waals surface area contributed by atoms with Gasteiger partial charge < -0.3 is 4.90 Å². The third kappa shape index (κ3) is 1.62. The Kier molecular flexibility index (Phi) is 2.14. The molecule has 0 unspecified atom stereocenters. The number of hydrogen-bond donors (Lipinski definition) is 0. The number of likely N-dealkylation sites (tertiary alicyclic amines) is 1. The highest BCUT2D eigenvalue weighted by atomic mass is 35.5. The number of carbonyl (C=O) groups is 1. The fourth-order valence-corrected chi connectivity index (χ4v) is 1.27. The summed E-state index contributed by atoms with van der Waals surface area (Å²) in [6.07, 6.45) is 3.92. The van der Waals surface area contributed by atoms with Gasteiger partial charge >= 0.3 is 0 Å². The van der Waals surface area contributed by atoms with Crippen molar-refractivity contribution in [2.75, 3.05) is 13.1 Å². The highest BCUT2D eigenvalue weighted by Gasteiger charge is 2.22. The highest BCUT2D eigenvalue weighted by molar-refractivity contribution is 6.29. The predicted octanol–water partition coefficient (Wildman–Crippen LogP) is 0.976. The van der Waals surface area contributed by atoms with E-state index in [4.69, 9.17) is 11.6 Å². The Morgan fingerprint density at radius 1 is 1.46 bits per heavy atom. The van der Waals surface area contributed by atoms with Gasteiger partial charge in [0.25, 0.3) is 5.91 Å². The minimum absolute atomic E-state index is 0.0822. The molecule has 2 rings (SSSR count). The first-order chi connectivity index (χ1) is 6.27. The molecule has 0 saturated carbocycles. The number of hydrogen-bond acceptors (Lipinski definition) is 3. The summed E-state index contributed by atoms with van der Waals surface area (Å²) in [6, 6.07) is 0. The molecule has 13 heavy (non-hydrogen) atoms. The van der Waals surface area contributed by atoms with Crippen molar-refractivity contribution in [1.82, 2.24) is 14.9 Å². The van der Waals surface area contributed by atoms with Crippen LogP contribution < -0.4 is 0 Å². The van der Waals surface area contributed by atoms with Gasteiger partial charge in [0.05, 0.1) is 12.4 Å². The predicted molar refractivity (Wildman–Crippen MR) is 47.6 cm³/mol. The summed E-state index contributed by atoms with van der Waals surface area (Å²) in [5.41, 5.74) is 0.326. The molecule has 1 saturated heterocycles. The first-order valence-electron chi connectivity index (χ1n) is 4.04. The van der Waals surface area contributed by atoms with Crippen molar-refractivity contribution in [2.45, 2.75) is 6.42 Å². The fraction of sp³-hybridized carbons (Fsp3) is 0.375. The number of amides is 1.